The molecule has 0 saturated heterocycles. The van der Waals surface area contributed by atoms with Crippen LogP contribution in [0.25, 0.3) is 0 Å². The molecule has 0 amide bonds. The Labute approximate surface area is 128 Å². The lowest BCUT2D eigenvalue weighted by atomic mass is 10.1. The molecule has 0 aliphatic rings. The highest BCUT2D eigenvalue weighted by molar-refractivity contribution is 14.1. The summed E-state index contributed by atoms with van der Waals surface area (Å²) in [5.41, 5.74) is 1.17. The number of thioether (sulfide) groups is 1. The van der Waals surface area contributed by atoms with Crippen LogP contribution < -0.4 is 5.32 Å². The molecule has 1 N–H and O–H groups in total. The molecule has 0 atom stereocenters. The molecule has 3 nitrogen and oxygen atoms in total. The molecule has 5 heteroatoms. The maximum atomic E-state index is 4.71. The number of nitrogens with one attached hydrogen (secondary N) is 1. The molecule has 1 rings (SSSR count). The number of hydrogen-bond acceptors (Lipinski definition) is 4. The van der Waals surface area contributed by atoms with Crippen molar-refractivity contribution in [2.45, 2.75) is 45.1 Å². The van der Waals surface area contributed by atoms with Crippen molar-refractivity contribution in [3.8, 4) is 0 Å². The predicted molar refractivity (Wildman–Crippen MR) is 89.3 cm³/mol. The quantitative estimate of drug-likeness (QED) is 0.760. The molecule has 1 aromatic heterocycles. The van der Waals surface area contributed by atoms with Crippen molar-refractivity contribution < 1.29 is 0 Å². The van der Waals surface area contributed by atoms with Crippen LogP contribution >= 0.6 is 34.4 Å². The Morgan fingerprint density at radius 1 is 1.22 bits per heavy atom. The molecular weight excluding hydrogens is 357 g/mol. The van der Waals surface area contributed by atoms with Crippen LogP contribution in [-0.2, 0) is 12.2 Å². The van der Waals surface area contributed by atoms with Crippen LogP contribution in [0.4, 0.5) is 5.82 Å². The molecular formula is C13H22IN3S. The Morgan fingerprint density at radius 3 is 2.39 bits per heavy atom. The molecule has 0 fully saturated rings. The molecule has 0 aliphatic heterocycles. The topological polar surface area (TPSA) is 37.8 Å². The van der Waals surface area contributed by atoms with Gasteiger partial charge >= 0.3 is 0 Å². The average molecular weight is 379 g/mol. The number of hydrogen-bond donors (Lipinski definition) is 1. The second-order valence-electron chi connectivity index (χ2n) is 4.96. The zero-order valence-electron chi connectivity index (χ0n) is 11.7. The van der Waals surface area contributed by atoms with Gasteiger partial charge < -0.3 is 5.32 Å². The predicted octanol–water partition coefficient (Wildman–Crippen LogP) is 3.96. The van der Waals surface area contributed by atoms with Crippen molar-refractivity contribution in [1.29, 1.82) is 0 Å². The maximum absolute atomic E-state index is 4.71. The molecule has 0 radical (unpaired) electrons. The van der Waals surface area contributed by atoms with Crippen molar-refractivity contribution in [2.75, 3.05) is 12.4 Å². The highest BCUT2D eigenvalue weighted by Crippen LogP contribution is 2.23. The molecule has 0 aliphatic carbocycles. The molecule has 0 unspecified atom stereocenters. The van der Waals surface area contributed by atoms with Crippen LogP contribution in [0.2, 0.25) is 0 Å². The summed E-state index contributed by atoms with van der Waals surface area (Å²) in [6.45, 7) is 8.84. The van der Waals surface area contributed by atoms with E-state index in [0.717, 1.165) is 27.4 Å². The fraction of sp³-hybridized carbons (Fsp3) is 0.692. The van der Waals surface area contributed by atoms with Crippen LogP contribution in [0.1, 0.15) is 39.2 Å². The van der Waals surface area contributed by atoms with Crippen molar-refractivity contribution in [3.05, 3.63) is 15.1 Å². The number of anilines is 1. The summed E-state index contributed by atoms with van der Waals surface area (Å²) in [6, 6.07) is 0. The third-order valence-electron chi connectivity index (χ3n) is 2.35. The Kier molecular flexibility index (Phi) is 6.70. The van der Waals surface area contributed by atoms with Gasteiger partial charge in [0, 0.05) is 7.05 Å². The lowest BCUT2D eigenvalue weighted by molar-refractivity contribution is 0.629. The van der Waals surface area contributed by atoms with Crippen molar-refractivity contribution in [2.24, 2.45) is 5.92 Å². The Bertz CT molecular complexity index is 394. The van der Waals surface area contributed by atoms with E-state index in [1.165, 1.54) is 5.69 Å². The molecule has 18 heavy (non-hydrogen) atoms. The van der Waals surface area contributed by atoms with Crippen LogP contribution in [0.3, 0.4) is 0 Å². The summed E-state index contributed by atoms with van der Waals surface area (Å²) < 4.78 is 1.15. The first-order chi connectivity index (χ1) is 8.43. The Hall–Kier alpha value is -0.0400. The van der Waals surface area contributed by atoms with E-state index < -0.39 is 0 Å². The minimum atomic E-state index is 0.611. The maximum Gasteiger partial charge on any atom is 0.143 e. The van der Waals surface area contributed by atoms with Gasteiger partial charge in [0.25, 0.3) is 0 Å². The van der Waals surface area contributed by atoms with Gasteiger partial charge in [-0.1, -0.05) is 27.7 Å². The van der Waals surface area contributed by atoms with Crippen LogP contribution in [0, 0.1) is 9.49 Å². The van der Waals surface area contributed by atoms with Crippen LogP contribution in [-0.4, -0.2) is 22.3 Å². The van der Waals surface area contributed by atoms with E-state index in [4.69, 9.17) is 4.98 Å². The van der Waals surface area contributed by atoms with E-state index in [9.17, 15) is 0 Å². The highest BCUT2D eigenvalue weighted by Gasteiger charge is 2.13. The summed E-state index contributed by atoms with van der Waals surface area (Å²) in [5.74, 6) is 3.40. The van der Waals surface area contributed by atoms with E-state index in [1.54, 1.807) is 0 Å². The molecule has 0 saturated carbocycles. The summed E-state index contributed by atoms with van der Waals surface area (Å²) in [7, 11) is 1.92. The Balaban J connectivity index is 2.97. The summed E-state index contributed by atoms with van der Waals surface area (Å²) >= 11 is 4.22. The molecule has 0 spiro atoms. The van der Waals surface area contributed by atoms with E-state index >= 15 is 0 Å². The van der Waals surface area contributed by atoms with E-state index in [-0.39, 0.29) is 0 Å². The number of halogens is 1. The largest absolute Gasteiger partial charge is 0.372 e. The van der Waals surface area contributed by atoms with Gasteiger partial charge in [-0.2, -0.15) is 11.8 Å². The van der Waals surface area contributed by atoms with Gasteiger partial charge in [0.2, 0.25) is 0 Å². The lowest BCUT2D eigenvalue weighted by Gasteiger charge is -2.13. The second-order valence-corrected chi connectivity index (χ2v) is 7.60. The highest BCUT2D eigenvalue weighted by atomic mass is 127. The first kappa shape index (κ1) is 16.0. The zero-order chi connectivity index (χ0) is 13.7. The first-order valence-corrected chi connectivity index (χ1v) is 8.41. The average Bonchev–Trinajstić information content (AvgIpc) is 2.29. The van der Waals surface area contributed by atoms with Gasteiger partial charge in [0.15, 0.2) is 0 Å². The van der Waals surface area contributed by atoms with E-state index in [1.807, 2.05) is 18.8 Å². The molecule has 0 aromatic carbocycles. The van der Waals surface area contributed by atoms with Crippen molar-refractivity contribution in [1.82, 2.24) is 9.97 Å². The monoisotopic (exact) mass is 379 g/mol. The van der Waals surface area contributed by atoms with Crippen LogP contribution in [0.5, 0.6) is 0 Å². The fourth-order valence-corrected chi connectivity index (χ4v) is 2.88. The zero-order valence-corrected chi connectivity index (χ0v) is 14.7. The van der Waals surface area contributed by atoms with E-state index in [2.05, 4.69) is 60.6 Å². The van der Waals surface area contributed by atoms with Gasteiger partial charge in [-0.05, 0) is 40.2 Å². The molecule has 0 bridgehead atoms. The minimum absolute atomic E-state index is 0.611. The first-order valence-electron chi connectivity index (χ1n) is 6.28. The van der Waals surface area contributed by atoms with Crippen molar-refractivity contribution in [3.63, 3.8) is 0 Å². The SMILES string of the molecule is CNc1nc(CSC(C)C)nc(CC(C)C)c1I. The number of rotatable bonds is 6. The third-order valence-corrected chi connectivity index (χ3v) is 4.58. The smallest absolute Gasteiger partial charge is 0.143 e. The minimum Gasteiger partial charge on any atom is -0.372 e. The molecule has 1 heterocycles. The fourth-order valence-electron chi connectivity index (χ4n) is 1.54. The standard InChI is InChI=1S/C13H22IN3S/c1-8(2)6-10-12(14)13(15-5)17-11(16-10)7-18-9(3)4/h8-9H,6-7H2,1-5H3,(H,15,16,17). The summed E-state index contributed by atoms with van der Waals surface area (Å²) in [6.07, 6.45) is 1.01. The Morgan fingerprint density at radius 2 is 1.89 bits per heavy atom. The van der Waals surface area contributed by atoms with E-state index in [0.29, 0.717) is 11.2 Å². The number of aromatic nitrogens is 2. The molecule has 102 valence electrons. The summed E-state index contributed by atoms with van der Waals surface area (Å²) in [4.78, 5) is 9.29. The second kappa shape index (κ2) is 7.53. The lowest BCUT2D eigenvalue weighted by Crippen LogP contribution is -2.09. The van der Waals surface area contributed by atoms with Gasteiger partial charge in [0.1, 0.15) is 11.6 Å². The normalized spacial score (nSPS) is 11.3. The van der Waals surface area contributed by atoms with Crippen molar-refractivity contribution >= 4 is 40.2 Å². The number of nitrogens with zero attached hydrogens (tertiary/aromatic N) is 2. The third kappa shape index (κ3) is 4.91. The summed E-state index contributed by atoms with van der Waals surface area (Å²) in [5, 5.41) is 3.78. The van der Waals surface area contributed by atoms with Gasteiger partial charge in [-0.25, -0.2) is 9.97 Å². The molecule has 1 aromatic rings. The van der Waals surface area contributed by atoms with Crippen LogP contribution in [0.15, 0.2) is 0 Å². The van der Waals surface area contributed by atoms with Gasteiger partial charge in [-0.15, -0.1) is 0 Å². The van der Waals surface area contributed by atoms with Gasteiger partial charge in [0.05, 0.1) is 15.0 Å². The van der Waals surface area contributed by atoms with Gasteiger partial charge in [-0.3, -0.25) is 0 Å².